The van der Waals surface area contributed by atoms with Gasteiger partial charge in [-0.25, -0.2) is 0 Å². The molecule has 1 aromatic rings. The number of benzene rings is 1. The Bertz CT molecular complexity index is 526. The molecule has 1 aromatic carbocycles. The Labute approximate surface area is 126 Å². The van der Waals surface area contributed by atoms with Crippen molar-refractivity contribution in [2.75, 3.05) is 19.7 Å². The van der Waals surface area contributed by atoms with Crippen molar-refractivity contribution in [3.63, 3.8) is 0 Å². The van der Waals surface area contributed by atoms with Gasteiger partial charge in [0.1, 0.15) is 5.75 Å². The van der Waals surface area contributed by atoms with Crippen LogP contribution in [0.1, 0.15) is 37.4 Å². The van der Waals surface area contributed by atoms with E-state index in [0.29, 0.717) is 12.5 Å². The number of fused-ring (bicyclic) bond motifs is 1. The summed E-state index contributed by atoms with van der Waals surface area (Å²) in [7, 11) is 0. The third-order valence-corrected chi connectivity index (χ3v) is 4.79. The lowest BCUT2D eigenvalue weighted by Gasteiger charge is -2.34. The van der Waals surface area contributed by atoms with Crippen molar-refractivity contribution in [1.29, 1.82) is 0 Å². The highest BCUT2D eigenvalue weighted by Crippen LogP contribution is 2.35. The van der Waals surface area contributed by atoms with Gasteiger partial charge < -0.3 is 15.4 Å². The lowest BCUT2D eigenvalue weighted by Crippen LogP contribution is -2.50. The Balaban J connectivity index is 1.74. The van der Waals surface area contributed by atoms with Crippen LogP contribution < -0.4 is 15.4 Å². The molecule has 1 amide bonds. The number of para-hydroxylation sites is 1. The van der Waals surface area contributed by atoms with Crippen LogP contribution in [0.3, 0.4) is 0 Å². The van der Waals surface area contributed by atoms with Gasteiger partial charge in [0.25, 0.3) is 0 Å². The number of aryl methyl sites for hydroxylation is 1. The van der Waals surface area contributed by atoms with Crippen molar-refractivity contribution in [3.05, 3.63) is 29.3 Å². The van der Waals surface area contributed by atoms with Crippen LogP contribution in [0.15, 0.2) is 18.2 Å². The predicted octanol–water partition coefficient (Wildman–Crippen LogP) is 2.04. The molecular weight excluding hydrogens is 264 g/mol. The first kappa shape index (κ1) is 14.4. The smallest absolute Gasteiger partial charge is 0.223 e. The fourth-order valence-corrected chi connectivity index (χ4v) is 3.10. The van der Waals surface area contributed by atoms with Crippen molar-refractivity contribution in [3.8, 4) is 5.75 Å². The zero-order valence-electron chi connectivity index (χ0n) is 12.8. The van der Waals surface area contributed by atoms with Gasteiger partial charge in [-0.2, -0.15) is 0 Å². The van der Waals surface area contributed by atoms with Crippen molar-refractivity contribution < 1.29 is 9.53 Å². The van der Waals surface area contributed by atoms with Gasteiger partial charge in [0.2, 0.25) is 5.91 Å². The predicted molar refractivity (Wildman–Crippen MR) is 82.3 cm³/mol. The van der Waals surface area contributed by atoms with Gasteiger partial charge in [-0.05, 0) is 31.0 Å². The van der Waals surface area contributed by atoms with Crippen LogP contribution in [-0.4, -0.2) is 25.6 Å². The first-order valence-corrected chi connectivity index (χ1v) is 7.96. The van der Waals surface area contributed by atoms with Gasteiger partial charge in [0, 0.05) is 17.9 Å². The number of carbonyl (C=O) groups excluding carboxylic acids is 1. The van der Waals surface area contributed by atoms with Gasteiger partial charge in [-0.3, -0.25) is 4.79 Å². The second-order valence-corrected chi connectivity index (χ2v) is 6.09. The van der Waals surface area contributed by atoms with E-state index in [1.54, 1.807) is 0 Å². The lowest BCUT2D eigenvalue weighted by atomic mass is 9.87. The van der Waals surface area contributed by atoms with E-state index in [1.165, 1.54) is 5.56 Å². The highest BCUT2D eigenvalue weighted by molar-refractivity contribution is 5.79. The molecule has 2 atom stereocenters. The van der Waals surface area contributed by atoms with Gasteiger partial charge in [0.05, 0.1) is 12.6 Å². The number of nitrogens with one attached hydrogen (secondary N) is 2. The molecule has 0 saturated carbocycles. The van der Waals surface area contributed by atoms with Gasteiger partial charge in [-0.15, -0.1) is 0 Å². The van der Waals surface area contributed by atoms with Crippen LogP contribution in [-0.2, 0) is 11.2 Å². The monoisotopic (exact) mass is 288 g/mol. The van der Waals surface area contributed by atoms with Gasteiger partial charge >= 0.3 is 0 Å². The first-order valence-electron chi connectivity index (χ1n) is 7.96. The molecule has 2 unspecified atom stereocenters. The number of hydrogen-bond acceptors (Lipinski definition) is 3. The zero-order chi connectivity index (χ0) is 14.8. The average molecular weight is 288 g/mol. The van der Waals surface area contributed by atoms with Crippen molar-refractivity contribution in [2.45, 2.75) is 32.7 Å². The van der Waals surface area contributed by atoms with Crippen molar-refractivity contribution >= 4 is 5.91 Å². The zero-order valence-corrected chi connectivity index (χ0v) is 12.8. The van der Waals surface area contributed by atoms with E-state index in [1.807, 2.05) is 6.92 Å². The van der Waals surface area contributed by atoms with E-state index in [4.69, 9.17) is 4.74 Å². The fraction of sp³-hybridized carbons (Fsp3) is 0.588. The molecule has 0 radical (unpaired) electrons. The molecule has 0 spiro atoms. The van der Waals surface area contributed by atoms with E-state index in [2.05, 4.69) is 35.8 Å². The number of hydrogen-bond donors (Lipinski definition) is 2. The minimum atomic E-state index is 0.0758. The fourth-order valence-electron chi connectivity index (χ4n) is 3.10. The summed E-state index contributed by atoms with van der Waals surface area (Å²) >= 11 is 0. The van der Waals surface area contributed by atoms with Gasteiger partial charge in [-0.1, -0.05) is 32.0 Å². The lowest BCUT2D eigenvalue weighted by molar-refractivity contribution is -0.127. The summed E-state index contributed by atoms with van der Waals surface area (Å²) in [5.74, 6) is 1.70. The SMILES string of the molecule is CCc1cccc2c1OCCC2NC(=O)C(C)C1CNC1. The van der Waals surface area contributed by atoms with Crippen LogP contribution in [0.25, 0.3) is 0 Å². The van der Waals surface area contributed by atoms with Crippen molar-refractivity contribution in [1.82, 2.24) is 10.6 Å². The molecular formula is C17H24N2O2. The third kappa shape index (κ3) is 2.77. The highest BCUT2D eigenvalue weighted by atomic mass is 16.5. The standard InChI is InChI=1S/C17H24N2O2/c1-3-12-5-4-6-14-15(7-8-21-16(12)14)19-17(20)11(2)13-9-18-10-13/h4-6,11,13,15,18H,3,7-10H2,1-2H3,(H,19,20). The maximum Gasteiger partial charge on any atom is 0.223 e. The molecule has 0 aromatic heterocycles. The molecule has 4 nitrogen and oxygen atoms in total. The average Bonchev–Trinajstić information content (AvgIpc) is 2.45. The Morgan fingerprint density at radius 1 is 1.48 bits per heavy atom. The van der Waals surface area contributed by atoms with Crippen LogP contribution in [0.2, 0.25) is 0 Å². The minimum Gasteiger partial charge on any atom is -0.493 e. The van der Waals surface area contributed by atoms with Crippen LogP contribution in [0, 0.1) is 11.8 Å². The van der Waals surface area contributed by atoms with E-state index in [0.717, 1.165) is 37.2 Å². The normalized spacial score (nSPS) is 22.7. The molecule has 2 N–H and O–H groups in total. The molecule has 0 aliphatic carbocycles. The van der Waals surface area contributed by atoms with Crippen molar-refractivity contribution in [2.24, 2.45) is 11.8 Å². The maximum atomic E-state index is 12.4. The summed E-state index contributed by atoms with van der Waals surface area (Å²) in [5, 5.41) is 6.46. The van der Waals surface area contributed by atoms with Crippen LogP contribution in [0.5, 0.6) is 5.75 Å². The van der Waals surface area contributed by atoms with Crippen LogP contribution >= 0.6 is 0 Å². The van der Waals surface area contributed by atoms with Gasteiger partial charge in [0.15, 0.2) is 0 Å². The number of carbonyl (C=O) groups is 1. The second kappa shape index (κ2) is 6.06. The topological polar surface area (TPSA) is 50.4 Å². The molecule has 2 aliphatic rings. The first-order chi connectivity index (χ1) is 10.2. The maximum absolute atomic E-state index is 12.4. The summed E-state index contributed by atoms with van der Waals surface area (Å²) in [6, 6.07) is 6.33. The largest absolute Gasteiger partial charge is 0.493 e. The summed E-state index contributed by atoms with van der Waals surface area (Å²) < 4.78 is 5.84. The number of ether oxygens (including phenoxy) is 1. The molecule has 4 heteroatoms. The summed E-state index contributed by atoms with van der Waals surface area (Å²) in [6.45, 7) is 6.75. The summed E-state index contributed by atoms with van der Waals surface area (Å²) in [5.41, 5.74) is 2.36. The Morgan fingerprint density at radius 3 is 2.95 bits per heavy atom. The van der Waals surface area contributed by atoms with E-state index < -0.39 is 0 Å². The third-order valence-electron chi connectivity index (χ3n) is 4.79. The Morgan fingerprint density at radius 2 is 2.29 bits per heavy atom. The quantitative estimate of drug-likeness (QED) is 0.891. The van der Waals surface area contributed by atoms with E-state index in [9.17, 15) is 4.79 Å². The highest BCUT2D eigenvalue weighted by Gasteiger charge is 2.31. The Hall–Kier alpha value is -1.55. The van der Waals surface area contributed by atoms with E-state index in [-0.39, 0.29) is 17.9 Å². The summed E-state index contributed by atoms with van der Waals surface area (Å²) in [4.78, 5) is 12.4. The van der Waals surface area contributed by atoms with E-state index >= 15 is 0 Å². The molecule has 2 heterocycles. The number of amides is 1. The molecule has 2 aliphatic heterocycles. The molecule has 114 valence electrons. The molecule has 1 fully saturated rings. The molecule has 3 rings (SSSR count). The molecule has 0 bridgehead atoms. The molecule has 21 heavy (non-hydrogen) atoms. The summed E-state index contributed by atoms with van der Waals surface area (Å²) in [6.07, 6.45) is 1.80. The van der Waals surface area contributed by atoms with Crippen LogP contribution in [0.4, 0.5) is 0 Å². The minimum absolute atomic E-state index is 0.0758. The second-order valence-electron chi connectivity index (χ2n) is 6.09. The molecule has 1 saturated heterocycles. The Kier molecular flexibility index (Phi) is 4.15. The number of rotatable bonds is 4.